The SMILES string of the molecule is Cl.O=C(c1ccc(I)cc1)N1CCC(C2CCCN2)CC1. The summed E-state index contributed by atoms with van der Waals surface area (Å²) in [7, 11) is 0. The molecule has 0 saturated carbocycles. The van der Waals surface area contributed by atoms with Crippen LogP contribution in [-0.2, 0) is 0 Å². The Hall–Kier alpha value is -0.330. The number of amides is 1. The van der Waals surface area contributed by atoms with Crippen molar-refractivity contribution >= 4 is 40.9 Å². The third-order valence-corrected chi connectivity index (χ3v) is 5.30. The predicted molar refractivity (Wildman–Crippen MR) is 96.1 cm³/mol. The van der Waals surface area contributed by atoms with Crippen molar-refractivity contribution in [3.05, 3.63) is 33.4 Å². The van der Waals surface area contributed by atoms with Gasteiger partial charge in [-0.15, -0.1) is 12.4 Å². The van der Waals surface area contributed by atoms with Gasteiger partial charge in [0.25, 0.3) is 5.91 Å². The summed E-state index contributed by atoms with van der Waals surface area (Å²) >= 11 is 2.27. The van der Waals surface area contributed by atoms with Crippen LogP contribution in [0, 0.1) is 9.49 Å². The number of benzene rings is 1. The lowest BCUT2D eigenvalue weighted by Gasteiger charge is -2.35. The third-order valence-electron chi connectivity index (χ3n) is 4.59. The number of piperidine rings is 1. The van der Waals surface area contributed by atoms with Gasteiger partial charge in [0.1, 0.15) is 0 Å². The Bertz CT molecular complexity index is 466. The molecular weight excluding hydrogens is 399 g/mol. The minimum atomic E-state index is 0. The molecule has 1 amide bonds. The van der Waals surface area contributed by atoms with E-state index in [1.165, 1.54) is 23.0 Å². The van der Waals surface area contributed by atoms with Gasteiger partial charge in [0, 0.05) is 28.3 Å². The van der Waals surface area contributed by atoms with E-state index < -0.39 is 0 Å². The van der Waals surface area contributed by atoms with Gasteiger partial charge in [-0.25, -0.2) is 0 Å². The molecule has 0 radical (unpaired) electrons. The lowest BCUT2D eigenvalue weighted by Crippen LogP contribution is -2.43. The monoisotopic (exact) mass is 420 g/mol. The number of nitrogens with zero attached hydrogens (tertiary/aromatic N) is 1. The molecule has 2 aliphatic heterocycles. The molecule has 1 atom stereocenters. The van der Waals surface area contributed by atoms with Gasteiger partial charge < -0.3 is 10.2 Å². The van der Waals surface area contributed by atoms with E-state index in [-0.39, 0.29) is 18.3 Å². The minimum absolute atomic E-state index is 0. The van der Waals surface area contributed by atoms with E-state index >= 15 is 0 Å². The van der Waals surface area contributed by atoms with E-state index in [1.54, 1.807) is 0 Å². The molecule has 3 nitrogen and oxygen atoms in total. The first-order valence-electron chi connectivity index (χ1n) is 7.52. The standard InChI is InChI=1S/C16H21IN2O.ClH/c17-14-5-3-13(4-6-14)16(20)19-10-7-12(8-11-19)15-2-1-9-18-15;/h3-6,12,15,18H,1-2,7-11H2;1H. The van der Waals surface area contributed by atoms with Crippen molar-refractivity contribution in [3.8, 4) is 0 Å². The maximum atomic E-state index is 12.4. The Kier molecular flexibility index (Phi) is 6.32. The van der Waals surface area contributed by atoms with Crippen molar-refractivity contribution in [2.75, 3.05) is 19.6 Å². The summed E-state index contributed by atoms with van der Waals surface area (Å²) in [4.78, 5) is 14.5. The zero-order valence-electron chi connectivity index (χ0n) is 12.1. The predicted octanol–water partition coefficient (Wildman–Crippen LogP) is 3.32. The van der Waals surface area contributed by atoms with Crippen molar-refractivity contribution < 1.29 is 4.79 Å². The molecule has 3 rings (SSSR count). The van der Waals surface area contributed by atoms with Gasteiger partial charge in [0.15, 0.2) is 0 Å². The first kappa shape index (κ1) is 17.0. The van der Waals surface area contributed by atoms with Crippen LogP contribution >= 0.6 is 35.0 Å². The van der Waals surface area contributed by atoms with Crippen LogP contribution in [0.15, 0.2) is 24.3 Å². The van der Waals surface area contributed by atoms with Gasteiger partial charge in [-0.1, -0.05) is 0 Å². The number of halogens is 2. The summed E-state index contributed by atoms with van der Waals surface area (Å²) in [6, 6.07) is 8.58. The van der Waals surface area contributed by atoms with E-state index in [1.807, 2.05) is 29.2 Å². The van der Waals surface area contributed by atoms with Crippen LogP contribution < -0.4 is 5.32 Å². The number of likely N-dealkylation sites (tertiary alicyclic amines) is 1. The van der Waals surface area contributed by atoms with Crippen LogP contribution in [0.1, 0.15) is 36.0 Å². The largest absolute Gasteiger partial charge is 0.339 e. The second-order valence-corrected chi connectivity index (χ2v) is 7.09. The molecule has 1 aromatic carbocycles. The average Bonchev–Trinajstić information content (AvgIpc) is 3.02. The third kappa shape index (κ3) is 4.11. The van der Waals surface area contributed by atoms with Crippen LogP contribution in [0.5, 0.6) is 0 Å². The zero-order valence-corrected chi connectivity index (χ0v) is 15.0. The van der Waals surface area contributed by atoms with E-state index in [9.17, 15) is 4.79 Å². The highest BCUT2D eigenvalue weighted by molar-refractivity contribution is 14.1. The second-order valence-electron chi connectivity index (χ2n) is 5.84. The van der Waals surface area contributed by atoms with Crippen LogP contribution in [0.2, 0.25) is 0 Å². The smallest absolute Gasteiger partial charge is 0.253 e. The lowest BCUT2D eigenvalue weighted by molar-refractivity contribution is 0.0674. The quantitative estimate of drug-likeness (QED) is 0.745. The van der Waals surface area contributed by atoms with E-state index in [2.05, 4.69) is 27.9 Å². The molecule has 116 valence electrons. The minimum Gasteiger partial charge on any atom is -0.339 e. The topological polar surface area (TPSA) is 32.3 Å². The summed E-state index contributed by atoms with van der Waals surface area (Å²) in [6.45, 7) is 2.99. The summed E-state index contributed by atoms with van der Waals surface area (Å²) in [6.07, 6.45) is 4.92. The summed E-state index contributed by atoms with van der Waals surface area (Å²) < 4.78 is 1.17. The van der Waals surface area contributed by atoms with Crippen LogP contribution in [-0.4, -0.2) is 36.5 Å². The molecular formula is C16H22ClIN2O. The van der Waals surface area contributed by atoms with E-state index in [4.69, 9.17) is 0 Å². The highest BCUT2D eigenvalue weighted by Crippen LogP contribution is 2.26. The molecule has 2 aliphatic rings. The van der Waals surface area contributed by atoms with Gasteiger partial charge in [-0.05, 0) is 85.0 Å². The molecule has 2 saturated heterocycles. The molecule has 0 spiro atoms. The maximum absolute atomic E-state index is 12.4. The Morgan fingerprint density at radius 1 is 1.14 bits per heavy atom. The lowest BCUT2D eigenvalue weighted by atomic mass is 9.88. The first-order chi connectivity index (χ1) is 9.74. The number of hydrogen-bond acceptors (Lipinski definition) is 2. The van der Waals surface area contributed by atoms with Crippen molar-refractivity contribution in [2.45, 2.75) is 31.7 Å². The maximum Gasteiger partial charge on any atom is 0.253 e. The fourth-order valence-corrected chi connectivity index (χ4v) is 3.75. The van der Waals surface area contributed by atoms with Crippen molar-refractivity contribution in [1.82, 2.24) is 10.2 Å². The highest BCUT2D eigenvalue weighted by atomic mass is 127. The van der Waals surface area contributed by atoms with Crippen LogP contribution in [0.3, 0.4) is 0 Å². The van der Waals surface area contributed by atoms with Gasteiger partial charge in [-0.2, -0.15) is 0 Å². The molecule has 1 aromatic rings. The Morgan fingerprint density at radius 3 is 2.38 bits per heavy atom. The van der Waals surface area contributed by atoms with E-state index in [0.29, 0.717) is 6.04 Å². The number of carbonyl (C=O) groups excluding carboxylic acids is 1. The summed E-state index contributed by atoms with van der Waals surface area (Å²) in [5.41, 5.74) is 0.822. The molecule has 2 heterocycles. The number of nitrogens with one attached hydrogen (secondary N) is 1. The molecule has 0 bridgehead atoms. The number of hydrogen-bond donors (Lipinski definition) is 1. The zero-order chi connectivity index (χ0) is 13.9. The highest BCUT2D eigenvalue weighted by Gasteiger charge is 2.30. The normalized spacial score (nSPS) is 22.9. The Balaban J connectivity index is 0.00000161. The van der Waals surface area contributed by atoms with E-state index in [0.717, 1.165) is 37.4 Å². The number of rotatable bonds is 2. The van der Waals surface area contributed by atoms with Crippen molar-refractivity contribution in [2.24, 2.45) is 5.92 Å². The molecule has 2 fully saturated rings. The average molecular weight is 421 g/mol. The Labute approximate surface area is 146 Å². The van der Waals surface area contributed by atoms with Gasteiger partial charge >= 0.3 is 0 Å². The molecule has 0 aliphatic carbocycles. The fourth-order valence-electron chi connectivity index (χ4n) is 3.39. The number of carbonyl (C=O) groups is 1. The second kappa shape index (κ2) is 7.79. The summed E-state index contributed by atoms with van der Waals surface area (Å²) in [5, 5.41) is 3.60. The van der Waals surface area contributed by atoms with Crippen molar-refractivity contribution in [1.29, 1.82) is 0 Å². The van der Waals surface area contributed by atoms with Gasteiger partial charge in [-0.3, -0.25) is 4.79 Å². The Morgan fingerprint density at radius 2 is 1.81 bits per heavy atom. The molecule has 21 heavy (non-hydrogen) atoms. The first-order valence-corrected chi connectivity index (χ1v) is 8.60. The van der Waals surface area contributed by atoms with Crippen LogP contribution in [0.25, 0.3) is 0 Å². The fraction of sp³-hybridized carbons (Fsp3) is 0.562. The van der Waals surface area contributed by atoms with Crippen LogP contribution in [0.4, 0.5) is 0 Å². The molecule has 1 N–H and O–H groups in total. The van der Waals surface area contributed by atoms with Crippen molar-refractivity contribution in [3.63, 3.8) is 0 Å². The molecule has 5 heteroatoms. The van der Waals surface area contributed by atoms with Gasteiger partial charge in [0.2, 0.25) is 0 Å². The molecule has 1 unspecified atom stereocenters. The summed E-state index contributed by atoms with van der Waals surface area (Å²) in [5.74, 6) is 0.956. The van der Waals surface area contributed by atoms with Gasteiger partial charge in [0.05, 0.1) is 0 Å². The molecule has 0 aromatic heterocycles.